The molecule has 0 aliphatic carbocycles. The Balaban J connectivity index is 1.63. The molecule has 0 aliphatic rings. The quantitative estimate of drug-likeness (QED) is 0.727. The molecule has 5 heteroatoms. The first-order chi connectivity index (χ1) is 11.2. The predicted molar refractivity (Wildman–Crippen MR) is 86.4 cm³/mol. The molecule has 3 rings (SSSR count). The number of nitrogens with zero attached hydrogens (tertiary/aromatic N) is 3. The Labute approximate surface area is 134 Å². The minimum atomic E-state index is 0.00987. The maximum atomic E-state index is 12.2. The van der Waals surface area contributed by atoms with Crippen LogP contribution in [-0.2, 0) is 17.8 Å². The molecule has 3 aromatic rings. The van der Waals surface area contributed by atoms with Crippen LogP contribution in [0.2, 0.25) is 0 Å². The van der Waals surface area contributed by atoms with E-state index in [1.54, 1.807) is 11.9 Å². The number of likely N-dealkylation sites (N-methyl/N-ethyl adjacent to an activating group) is 1. The van der Waals surface area contributed by atoms with Gasteiger partial charge in [-0.25, -0.2) is 0 Å². The summed E-state index contributed by atoms with van der Waals surface area (Å²) < 4.78 is 5.62. The fraction of sp³-hybridized carbons (Fsp3) is 0.167. The first-order valence-electron chi connectivity index (χ1n) is 7.38. The Morgan fingerprint density at radius 1 is 1.00 bits per heavy atom. The van der Waals surface area contributed by atoms with Gasteiger partial charge in [0.15, 0.2) is 0 Å². The van der Waals surface area contributed by atoms with Gasteiger partial charge in [-0.2, -0.15) is 0 Å². The Hall–Kier alpha value is -2.95. The van der Waals surface area contributed by atoms with E-state index in [-0.39, 0.29) is 5.91 Å². The number of hydrogen-bond donors (Lipinski definition) is 0. The molecule has 1 aromatic heterocycles. The second-order valence-electron chi connectivity index (χ2n) is 5.28. The molecule has 23 heavy (non-hydrogen) atoms. The highest BCUT2D eigenvalue weighted by atomic mass is 16.4. The molecule has 0 fully saturated rings. The lowest BCUT2D eigenvalue weighted by Crippen LogP contribution is -2.27. The molecule has 1 heterocycles. The van der Waals surface area contributed by atoms with Crippen LogP contribution in [0.3, 0.4) is 0 Å². The van der Waals surface area contributed by atoms with Crippen molar-refractivity contribution in [1.82, 2.24) is 15.1 Å². The zero-order valence-electron chi connectivity index (χ0n) is 12.8. The number of rotatable bonds is 5. The summed E-state index contributed by atoms with van der Waals surface area (Å²) >= 11 is 0. The van der Waals surface area contributed by atoms with Crippen LogP contribution in [0.5, 0.6) is 0 Å². The summed E-state index contributed by atoms with van der Waals surface area (Å²) in [6.07, 6.45) is 0.358. The van der Waals surface area contributed by atoms with Crippen LogP contribution in [0, 0.1) is 0 Å². The summed E-state index contributed by atoms with van der Waals surface area (Å²) in [5.74, 6) is 0.896. The van der Waals surface area contributed by atoms with E-state index in [4.69, 9.17) is 4.42 Å². The summed E-state index contributed by atoms with van der Waals surface area (Å²) in [6.45, 7) is 0.297. The third-order valence-electron chi connectivity index (χ3n) is 3.48. The number of carbonyl (C=O) groups excluding carboxylic acids is 1. The summed E-state index contributed by atoms with van der Waals surface area (Å²) in [6, 6.07) is 19.2. The fourth-order valence-electron chi connectivity index (χ4n) is 2.21. The van der Waals surface area contributed by atoms with Gasteiger partial charge in [-0.3, -0.25) is 4.79 Å². The van der Waals surface area contributed by atoms with Crippen LogP contribution in [0.15, 0.2) is 65.1 Å². The van der Waals surface area contributed by atoms with Crippen LogP contribution < -0.4 is 0 Å². The molecule has 2 aromatic carbocycles. The van der Waals surface area contributed by atoms with E-state index in [9.17, 15) is 4.79 Å². The van der Waals surface area contributed by atoms with Gasteiger partial charge >= 0.3 is 0 Å². The van der Waals surface area contributed by atoms with Crippen LogP contribution in [0.1, 0.15) is 11.5 Å². The van der Waals surface area contributed by atoms with Crippen LogP contribution in [0.25, 0.3) is 11.5 Å². The van der Waals surface area contributed by atoms with Crippen molar-refractivity contribution in [2.75, 3.05) is 7.05 Å². The number of amides is 1. The van der Waals surface area contributed by atoms with Crippen molar-refractivity contribution >= 4 is 5.91 Å². The molecule has 0 spiro atoms. The fourth-order valence-corrected chi connectivity index (χ4v) is 2.21. The molecule has 0 saturated heterocycles. The molecule has 116 valence electrons. The molecule has 1 amide bonds. The first kappa shape index (κ1) is 15.0. The SMILES string of the molecule is CN(Cc1nnc(-c2ccccc2)o1)C(=O)Cc1ccccc1. The monoisotopic (exact) mass is 307 g/mol. The van der Waals surface area contributed by atoms with E-state index in [2.05, 4.69) is 10.2 Å². The lowest BCUT2D eigenvalue weighted by Gasteiger charge is -2.14. The van der Waals surface area contributed by atoms with Crippen LogP contribution in [0.4, 0.5) is 0 Å². The summed E-state index contributed by atoms with van der Waals surface area (Å²) in [7, 11) is 1.73. The Morgan fingerprint density at radius 3 is 2.35 bits per heavy atom. The van der Waals surface area contributed by atoms with Crippen molar-refractivity contribution in [1.29, 1.82) is 0 Å². The van der Waals surface area contributed by atoms with Crippen LogP contribution >= 0.6 is 0 Å². The Bertz CT molecular complexity index is 769. The van der Waals surface area contributed by atoms with Gasteiger partial charge in [0.2, 0.25) is 17.7 Å². The lowest BCUT2D eigenvalue weighted by molar-refractivity contribution is -0.130. The average molecular weight is 307 g/mol. The van der Waals surface area contributed by atoms with Crippen LogP contribution in [-0.4, -0.2) is 28.1 Å². The van der Waals surface area contributed by atoms with Gasteiger partial charge in [-0.1, -0.05) is 48.5 Å². The van der Waals surface area contributed by atoms with E-state index >= 15 is 0 Å². The van der Waals surface area contributed by atoms with Crippen molar-refractivity contribution in [3.05, 3.63) is 72.1 Å². The summed E-state index contributed by atoms with van der Waals surface area (Å²) in [5, 5.41) is 8.04. The predicted octanol–water partition coefficient (Wildman–Crippen LogP) is 2.94. The second kappa shape index (κ2) is 6.87. The number of aromatic nitrogens is 2. The van der Waals surface area contributed by atoms with Gasteiger partial charge in [0, 0.05) is 12.6 Å². The highest BCUT2D eigenvalue weighted by Gasteiger charge is 2.14. The standard InChI is InChI=1S/C18H17N3O2/c1-21(17(22)12-14-8-4-2-5-9-14)13-16-19-20-18(23-16)15-10-6-3-7-11-15/h2-11H,12-13H2,1H3. The molecule has 0 saturated carbocycles. The Morgan fingerprint density at radius 2 is 1.65 bits per heavy atom. The number of carbonyl (C=O) groups is 1. The molecule has 0 radical (unpaired) electrons. The van der Waals surface area contributed by atoms with Crippen molar-refractivity contribution in [2.45, 2.75) is 13.0 Å². The molecular formula is C18H17N3O2. The van der Waals surface area contributed by atoms with Gasteiger partial charge < -0.3 is 9.32 Å². The zero-order valence-corrected chi connectivity index (χ0v) is 12.8. The van der Waals surface area contributed by atoms with E-state index in [0.717, 1.165) is 11.1 Å². The molecule has 0 N–H and O–H groups in total. The van der Waals surface area contributed by atoms with Gasteiger partial charge in [-0.15, -0.1) is 10.2 Å². The maximum Gasteiger partial charge on any atom is 0.247 e. The number of hydrogen-bond acceptors (Lipinski definition) is 4. The van der Waals surface area contributed by atoms with Gasteiger partial charge in [0.25, 0.3) is 0 Å². The van der Waals surface area contributed by atoms with Crippen molar-refractivity contribution in [2.24, 2.45) is 0 Å². The largest absolute Gasteiger partial charge is 0.419 e. The summed E-state index contributed by atoms with van der Waals surface area (Å²) in [4.78, 5) is 13.8. The first-order valence-corrected chi connectivity index (χ1v) is 7.38. The van der Waals surface area contributed by atoms with Gasteiger partial charge in [0.05, 0.1) is 13.0 Å². The molecule has 0 unspecified atom stereocenters. The van der Waals surface area contributed by atoms with E-state index < -0.39 is 0 Å². The van der Waals surface area contributed by atoms with Crippen molar-refractivity contribution in [3.8, 4) is 11.5 Å². The normalized spacial score (nSPS) is 10.5. The zero-order chi connectivity index (χ0) is 16.1. The summed E-state index contributed by atoms with van der Waals surface area (Å²) in [5.41, 5.74) is 1.85. The van der Waals surface area contributed by atoms with Gasteiger partial charge in [0.1, 0.15) is 0 Å². The number of benzene rings is 2. The lowest BCUT2D eigenvalue weighted by atomic mass is 10.1. The minimum Gasteiger partial charge on any atom is -0.419 e. The Kier molecular flexibility index (Phi) is 4.47. The van der Waals surface area contributed by atoms with Gasteiger partial charge in [-0.05, 0) is 17.7 Å². The molecular weight excluding hydrogens is 290 g/mol. The average Bonchev–Trinajstić information content (AvgIpc) is 3.05. The van der Waals surface area contributed by atoms with E-state index in [1.807, 2.05) is 60.7 Å². The third kappa shape index (κ3) is 3.83. The maximum absolute atomic E-state index is 12.2. The van der Waals surface area contributed by atoms with Crippen molar-refractivity contribution in [3.63, 3.8) is 0 Å². The minimum absolute atomic E-state index is 0.00987. The van der Waals surface area contributed by atoms with E-state index in [0.29, 0.717) is 24.7 Å². The molecule has 0 bridgehead atoms. The smallest absolute Gasteiger partial charge is 0.247 e. The third-order valence-corrected chi connectivity index (χ3v) is 3.48. The molecule has 5 nitrogen and oxygen atoms in total. The second-order valence-corrected chi connectivity index (χ2v) is 5.28. The molecule has 0 atom stereocenters. The highest BCUT2D eigenvalue weighted by molar-refractivity contribution is 5.78. The molecule has 0 aliphatic heterocycles. The van der Waals surface area contributed by atoms with Crippen molar-refractivity contribution < 1.29 is 9.21 Å². The van der Waals surface area contributed by atoms with E-state index in [1.165, 1.54) is 0 Å². The topological polar surface area (TPSA) is 59.2 Å². The highest BCUT2D eigenvalue weighted by Crippen LogP contribution is 2.17.